The molecule has 0 bridgehead atoms. The molecule has 0 fully saturated rings. The first-order valence-electron chi connectivity index (χ1n) is 1.40. The third-order valence-electron chi connectivity index (χ3n) is 0.351. The van der Waals surface area contributed by atoms with Crippen LogP contribution in [0.25, 0.3) is 0 Å². The molecule has 0 heterocycles. The first-order chi connectivity index (χ1) is 3.18. The summed E-state index contributed by atoms with van der Waals surface area (Å²) in [5, 5.41) is 0. The highest BCUT2D eigenvalue weighted by Gasteiger charge is 2.02. The first kappa shape index (κ1) is 7.04. The number of nitrogens with zero attached hydrogens (tertiary/aromatic N) is 1. The van der Waals surface area contributed by atoms with E-state index in [0.717, 1.165) is 0 Å². The lowest BCUT2D eigenvalue weighted by atomic mass is 11.2. The molecule has 0 aromatic heterocycles. The Labute approximate surface area is 49.3 Å². The summed E-state index contributed by atoms with van der Waals surface area (Å²) in [4.78, 5) is 9.53. The summed E-state index contributed by atoms with van der Waals surface area (Å²) in [7, 11) is 6.16. The molecular weight excluding hydrogens is 141 g/mol. The summed E-state index contributed by atoms with van der Waals surface area (Å²) >= 11 is 0.514. The molecule has 0 saturated heterocycles. The van der Waals surface area contributed by atoms with Crippen molar-refractivity contribution in [1.29, 1.82) is 0 Å². The van der Waals surface area contributed by atoms with Gasteiger partial charge in [-0.3, -0.25) is 0 Å². The first-order valence-corrected chi connectivity index (χ1v) is 3.00. The molecule has 0 saturated carbocycles. The van der Waals surface area contributed by atoms with Gasteiger partial charge >= 0.3 is 6.16 Å². The minimum Gasteiger partial charge on any atom is -0.248 e. The molecule has 0 unspecified atom stereocenters. The van der Waals surface area contributed by atoms with Gasteiger partial charge < -0.3 is 0 Å². The largest absolute Gasteiger partial charge is 0.410 e. The molecule has 2 nitrogen and oxygen atoms in total. The highest BCUT2D eigenvalue weighted by molar-refractivity contribution is 8.19. The van der Waals surface area contributed by atoms with E-state index in [0.29, 0.717) is 15.5 Å². The molecule has 0 aromatic carbocycles. The van der Waals surface area contributed by atoms with Crippen LogP contribution in [0, 0.1) is 0 Å². The summed E-state index contributed by atoms with van der Waals surface area (Å²) in [5.41, 5.74) is 0. The standard InChI is InChI=1S/C2H3ClFNOS/c1-5(7-3)2(4)6/h1H3. The zero-order chi connectivity index (χ0) is 5.86. The molecule has 0 aromatic rings. The van der Waals surface area contributed by atoms with E-state index in [4.69, 9.17) is 10.7 Å². The molecule has 0 N–H and O–H groups in total. The van der Waals surface area contributed by atoms with Gasteiger partial charge in [0.2, 0.25) is 0 Å². The topological polar surface area (TPSA) is 20.3 Å². The lowest BCUT2D eigenvalue weighted by Crippen LogP contribution is -2.09. The van der Waals surface area contributed by atoms with E-state index in [-0.39, 0.29) is 0 Å². The van der Waals surface area contributed by atoms with Crippen molar-refractivity contribution in [3.05, 3.63) is 0 Å². The van der Waals surface area contributed by atoms with Crippen molar-refractivity contribution in [2.45, 2.75) is 0 Å². The minimum atomic E-state index is -1.54. The molecular formula is C2H3ClFNOS. The molecule has 0 aliphatic carbocycles. The second kappa shape index (κ2) is 3.10. The predicted octanol–water partition coefficient (Wildman–Crippen LogP) is 1.81. The number of hydrogen-bond donors (Lipinski definition) is 0. The normalized spacial score (nSPS) is 8.43. The highest BCUT2D eigenvalue weighted by Crippen LogP contribution is 2.11. The van der Waals surface area contributed by atoms with Crippen molar-refractivity contribution in [2.75, 3.05) is 7.05 Å². The molecule has 42 valence electrons. The number of amides is 1. The van der Waals surface area contributed by atoms with Crippen LogP contribution in [0.4, 0.5) is 9.18 Å². The van der Waals surface area contributed by atoms with E-state index in [1.165, 1.54) is 7.05 Å². The van der Waals surface area contributed by atoms with Gasteiger partial charge in [-0.25, -0.2) is 9.10 Å². The van der Waals surface area contributed by atoms with Crippen molar-refractivity contribution >= 4 is 28.0 Å². The number of carbonyl (C=O) groups is 1. The second-order valence-corrected chi connectivity index (χ2v) is 1.92. The Balaban J connectivity index is 3.34. The molecule has 7 heavy (non-hydrogen) atoms. The van der Waals surface area contributed by atoms with Gasteiger partial charge in [-0.1, -0.05) is 0 Å². The SMILES string of the molecule is CN(SCl)C(=O)F. The fourth-order valence-electron chi connectivity index (χ4n) is 0.0271. The fourth-order valence-corrected chi connectivity index (χ4v) is 0.244. The summed E-state index contributed by atoms with van der Waals surface area (Å²) in [6.45, 7) is 0. The van der Waals surface area contributed by atoms with Gasteiger partial charge in [0.05, 0.1) is 11.2 Å². The van der Waals surface area contributed by atoms with Crippen LogP contribution in [-0.4, -0.2) is 17.5 Å². The minimum absolute atomic E-state index is 0.514. The summed E-state index contributed by atoms with van der Waals surface area (Å²) < 4.78 is 11.9. The van der Waals surface area contributed by atoms with Gasteiger partial charge in [0.25, 0.3) is 0 Å². The van der Waals surface area contributed by atoms with Crippen LogP contribution >= 0.6 is 21.8 Å². The van der Waals surface area contributed by atoms with Gasteiger partial charge in [-0.05, 0) is 10.7 Å². The van der Waals surface area contributed by atoms with E-state index in [9.17, 15) is 9.18 Å². The van der Waals surface area contributed by atoms with Gasteiger partial charge in [-0.15, -0.1) is 4.39 Å². The van der Waals surface area contributed by atoms with Crippen molar-refractivity contribution < 1.29 is 9.18 Å². The predicted molar refractivity (Wildman–Crippen MR) is 27.7 cm³/mol. The molecule has 0 atom stereocenters. The number of halogens is 2. The second-order valence-electron chi connectivity index (χ2n) is 0.819. The quantitative estimate of drug-likeness (QED) is 0.317. The maximum Gasteiger partial charge on any atom is 0.410 e. The smallest absolute Gasteiger partial charge is 0.248 e. The number of rotatable bonds is 1. The maximum absolute atomic E-state index is 11.3. The maximum atomic E-state index is 11.3. The van der Waals surface area contributed by atoms with Crippen molar-refractivity contribution in [3.63, 3.8) is 0 Å². The van der Waals surface area contributed by atoms with Gasteiger partial charge in [0, 0.05) is 7.05 Å². The lowest BCUT2D eigenvalue weighted by Gasteiger charge is -2.00. The summed E-state index contributed by atoms with van der Waals surface area (Å²) in [6.07, 6.45) is -1.54. The van der Waals surface area contributed by atoms with Crippen molar-refractivity contribution in [2.24, 2.45) is 0 Å². The Bertz CT molecular complexity index is 80.1. The Morgan fingerprint density at radius 1 is 2.00 bits per heavy atom. The highest BCUT2D eigenvalue weighted by atomic mass is 35.7. The van der Waals surface area contributed by atoms with Gasteiger partial charge in [0.1, 0.15) is 0 Å². The molecule has 0 aliphatic rings. The van der Waals surface area contributed by atoms with E-state index in [1.54, 1.807) is 0 Å². The van der Waals surface area contributed by atoms with Crippen molar-refractivity contribution in [1.82, 2.24) is 4.31 Å². The Morgan fingerprint density at radius 3 is 2.43 bits per heavy atom. The molecule has 0 radical (unpaired) electrons. The third kappa shape index (κ3) is 2.70. The van der Waals surface area contributed by atoms with Crippen LogP contribution in [0.1, 0.15) is 0 Å². The van der Waals surface area contributed by atoms with E-state index < -0.39 is 6.16 Å². The van der Waals surface area contributed by atoms with Crippen LogP contribution in [0.15, 0.2) is 0 Å². The van der Waals surface area contributed by atoms with E-state index in [1.807, 2.05) is 0 Å². The molecule has 5 heteroatoms. The number of carbonyl (C=O) groups excluding carboxylic acids is 1. The van der Waals surface area contributed by atoms with Crippen LogP contribution in [-0.2, 0) is 0 Å². The zero-order valence-corrected chi connectivity index (χ0v) is 5.09. The van der Waals surface area contributed by atoms with Crippen LogP contribution in [0.3, 0.4) is 0 Å². The Hall–Kier alpha value is 0.0400. The monoisotopic (exact) mass is 143 g/mol. The summed E-state index contributed by atoms with van der Waals surface area (Å²) in [5.74, 6) is 0. The lowest BCUT2D eigenvalue weighted by molar-refractivity contribution is 0.210. The van der Waals surface area contributed by atoms with Crippen LogP contribution in [0.2, 0.25) is 0 Å². The molecule has 0 spiro atoms. The van der Waals surface area contributed by atoms with Gasteiger partial charge in [-0.2, -0.15) is 0 Å². The third-order valence-corrected chi connectivity index (χ3v) is 1.32. The van der Waals surface area contributed by atoms with Gasteiger partial charge in [0.15, 0.2) is 0 Å². The summed E-state index contributed by atoms with van der Waals surface area (Å²) in [6, 6.07) is 0. The van der Waals surface area contributed by atoms with Crippen LogP contribution in [0.5, 0.6) is 0 Å². The Kier molecular flexibility index (Phi) is 3.11. The Morgan fingerprint density at radius 2 is 2.43 bits per heavy atom. The average Bonchev–Trinajstić information content (AvgIpc) is 1.65. The van der Waals surface area contributed by atoms with E-state index >= 15 is 0 Å². The fraction of sp³-hybridized carbons (Fsp3) is 0.500. The van der Waals surface area contributed by atoms with Crippen molar-refractivity contribution in [3.8, 4) is 0 Å². The average molecular weight is 144 g/mol. The molecule has 1 amide bonds. The molecule has 0 aliphatic heterocycles. The molecule has 0 rings (SSSR count). The van der Waals surface area contributed by atoms with E-state index in [2.05, 4.69) is 0 Å². The van der Waals surface area contributed by atoms with Crippen LogP contribution < -0.4 is 0 Å². The zero-order valence-electron chi connectivity index (χ0n) is 3.52. The number of hydrogen-bond acceptors (Lipinski definition) is 2.